The molecule has 2 aliphatic rings. The van der Waals surface area contributed by atoms with Gasteiger partial charge in [-0.1, -0.05) is 0 Å². The summed E-state index contributed by atoms with van der Waals surface area (Å²) in [5.74, 6) is 3.04. The van der Waals surface area contributed by atoms with Gasteiger partial charge >= 0.3 is 0 Å². The number of ether oxygens (including phenoxy) is 1. The Labute approximate surface area is 116 Å². The third-order valence-corrected chi connectivity index (χ3v) is 4.91. The lowest BCUT2D eigenvalue weighted by Crippen LogP contribution is -2.44. The molecule has 3 heterocycles. The first kappa shape index (κ1) is 12.7. The lowest BCUT2D eigenvalue weighted by molar-refractivity contribution is -0.0628. The molecule has 0 aromatic carbocycles. The minimum Gasteiger partial charge on any atom is -0.374 e. The number of hydrogen-bond acceptors (Lipinski definition) is 6. The topological polar surface area (TPSA) is 70.8 Å². The molecule has 1 N–H and O–H groups in total. The third-order valence-electron chi connectivity index (χ3n) is 3.69. The molecule has 1 spiro atoms. The highest BCUT2D eigenvalue weighted by Gasteiger charge is 2.40. The van der Waals surface area contributed by atoms with Crippen molar-refractivity contribution in [3.63, 3.8) is 0 Å². The minimum atomic E-state index is 0.0700. The quantitative estimate of drug-likeness (QED) is 0.888. The van der Waals surface area contributed by atoms with Crippen LogP contribution in [0.25, 0.3) is 0 Å². The maximum Gasteiger partial charge on any atom is 0.163 e. The van der Waals surface area contributed by atoms with E-state index in [9.17, 15) is 0 Å². The van der Waals surface area contributed by atoms with Crippen molar-refractivity contribution < 1.29 is 4.74 Å². The van der Waals surface area contributed by atoms with E-state index in [1.807, 2.05) is 23.9 Å². The van der Waals surface area contributed by atoms with Crippen molar-refractivity contribution in [3.8, 4) is 6.07 Å². The van der Waals surface area contributed by atoms with Crippen LogP contribution >= 0.6 is 11.8 Å². The van der Waals surface area contributed by atoms with E-state index in [-0.39, 0.29) is 5.60 Å². The molecule has 3 rings (SSSR count). The molecule has 0 bridgehead atoms. The van der Waals surface area contributed by atoms with E-state index in [4.69, 9.17) is 10.00 Å². The van der Waals surface area contributed by atoms with Crippen LogP contribution in [0.4, 0.5) is 5.82 Å². The molecule has 0 amide bonds. The molecule has 2 fully saturated rings. The molecule has 2 aliphatic heterocycles. The van der Waals surface area contributed by atoms with Gasteiger partial charge in [-0.3, -0.25) is 0 Å². The number of anilines is 1. The summed E-state index contributed by atoms with van der Waals surface area (Å²) in [6.45, 7) is 0.807. The fourth-order valence-electron chi connectivity index (χ4n) is 2.69. The molecule has 0 radical (unpaired) electrons. The van der Waals surface area contributed by atoms with E-state index < -0.39 is 0 Å². The monoisotopic (exact) mass is 276 g/mol. The third kappa shape index (κ3) is 2.82. The van der Waals surface area contributed by atoms with E-state index in [1.165, 1.54) is 5.75 Å². The van der Waals surface area contributed by atoms with Crippen LogP contribution in [0.1, 0.15) is 25.0 Å². The normalized spacial score (nSPS) is 30.2. The number of nitriles is 1. The number of nitrogens with one attached hydrogen (secondary N) is 1. The average Bonchev–Trinajstić information content (AvgIpc) is 2.88. The molecular formula is C13H16N4OS. The fourth-order valence-corrected chi connectivity index (χ4v) is 4.07. The first-order chi connectivity index (χ1) is 9.30. The van der Waals surface area contributed by atoms with Gasteiger partial charge in [0.2, 0.25) is 0 Å². The Hall–Kier alpha value is -1.32. The molecule has 5 nitrogen and oxygen atoms in total. The van der Waals surface area contributed by atoms with Crippen molar-refractivity contribution in [2.45, 2.75) is 30.9 Å². The summed E-state index contributed by atoms with van der Waals surface area (Å²) in [5, 5.41) is 20.0. The summed E-state index contributed by atoms with van der Waals surface area (Å²) in [5.41, 5.74) is 0.418. The van der Waals surface area contributed by atoms with Gasteiger partial charge in [-0.25, -0.2) is 0 Å². The summed E-state index contributed by atoms with van der Waals surface area (Å²) in [6.07, 6.45) is 3.17. The Bertz CT molecular complexity index is 478. The molecule has 100 valence electrons. The number of aromatic nitrogens is 2. The van der Waals surface area contributed by atoms with Crippen molar-refractivity contribution in [3.05, 3.63) is 17.8 Å². The van der Waals surface area contributed by atoms with E-state index in [2.05, 4.69) is 15.5 Å². The predicted molar refractivity (Wildman–Crippen MR) is 74.0 cm³/mol. The first-order valence-corrected chi connectivity index (χ1v) is 7.67. The van der Waals surface area contributed by atoms with E-state index >= 15 is 0 Å². The smallest absolute Gasteiger partial charge is 0.163 e. The van der Waals surface area contributed by atoms with Crippen LogP contribution in [-0.2, 0) is 4.74 Å². The van der Waals surface area contributed by atoms with Crippen molar-refractivity contribution in [1.82, 2.24) is 10.2 Å². The van der Waals surface area contributed by atoms with Crippen LogP contribution in [0.2, 0.25) is 0 Å². The van der Waals surface area contributed by atoms with Crippen molar-refractivity contribution in [2.24, 2.45) is 0 Å². The Morgan fingerprint density at radius 1 is 1.47 bits per heavy atom. The van der Waals surface area contributed by atoms with E-state index in [1.54, 1.807) is 6.07 Å². The van der Waals surface area contributed by atoms with E-state index in [0.29, 0.717) is 11.7 Å². The summed E-state index contributed by atoms with van der Waals surface area (Å²) < 4.78 is 5.99. The number of hydrogen-bond donors (Lipinski definition) is 1. The Balaban J connectivity index is 1.64. The van der Waals surface area contributed by atoms with Crippen LogP contribution in [-0.4, -0.2) is 40.0 Å². The minimum absolute atomic E-state index is 0.0700. The molecule has 2 unspecified atom stereocenters. The molecule has 19 heavy (non-hydrogen) atoms. The van der Waals surface area contributed by atoms with Gasteiger partial charge in [-0.2, -0.15) is 17.0 Å². The highest BCUT2D eigenvalue weighted by atomic mass is 32.2. The maximum absolute atomic E-state index is 8.70. The zero-order chi connectivity index (χ0) is 13.1. The Morgan fingerprint density at radius 3 is 3.11 bits per heavy atom. The van der Waals surface area contributed by atoms with Gasteiger partial charge in [0.15, 0.2) is 5.69 Å². The second-order valence-corrected chi connectivity index (χ2v) is 6.19. The second-order valence-electron chi connectivity index (χ2n) is 5.08. The number of nitrogens with zero attached hydrogens (tertiary/aromatic N) is 3. The fraction of sp³-hybridized carbons (Fsp3) is 0.615. The van der Waals surface area contributed by atoms with Gasteiger partial charge in [0.25, 0.3) is 0 Å². The summed E-state index contributed by atoms with van der Waals surface area (Å²) >= 11 is 1.98. The predicted octanol–water partition coefficient (Wildman–Crippen LogP) is 1.81. The lowest BCUT2D eigenvalue weighted by Gasteiger charge is -2.38. The summed E-state index contributed by atoms with van der Waals surface area (Å²) in [6, 6.07) is 5.86. The summed E-state index contributed by atoms with van der Waals surface area (Å²) in [7, 11) is 0. The van der Waals surface area contributed by atoms with Gasteiger partial charge in [0, 0.05) is 18.4 Å². The molecule has 2 atom stereocenters. The van der Waals surface area contributed by atoms with Crippen LogP contribution in [0.15, 0.2) is 12.1 Å². The van der Waals surface area contributed by atoms with Crippen LogP contribution < -0.4 is 5.32 Å². The van der Waals surface area contributed by atoms with Crippen LogP contribution in [0.5, 0.6) is 0 Å². The maximum atomic E-state index is 8.70. The van der Waals surface area contributed by atoms with Crippen molar-refractivity contribution >= 4 is 17.6 Å². The number of thioether (sulfide) groups is 1. The molecular weight excluding hydrogens is 260 g/mol. The van der Waals surface area contributed by atoms with Crippen molar-refractivity contribution in [1.29, 1.82) is 5.26 Å². The molecule has 2 saturated heterocycles. The van der Waals surface area contributed by atoms with Crippen LogP contribution in [0.3, 0.4) is 0 Å². The zero-order valence-electron chi connectivity index (χ0n) is 10.6. The Morgan fingerprint density at radius 2 is 2.42 bits per heavy atom. The van der Waals surface area contributed by atoms with Gasteiger partial charge in [-0.05, 0) is 37.1 Å². The second kappa shape index (κ2) is 5.35. The molecule has 1 aromatic heterocycles. The zero-order valence-corrected chi connectivity index (χ0v) is 11.4. The van der Waals surface area contributed by atoms with Gasteiger partial charge in [0.05, 0.1) is 5.60 Å². The SMILES string of the molecule is N#Cc1ccc(NC2CCOC3(CCSC3)C2)nn1. The average molecular weight is 276 g/mol. The van der Waals surface area contributed by atoms with Gasteiger partial charge in [-0.15, -0.1) is 10.2 Å². The molecule has 0 saturated carbocycles. The highest BCUT2D eigenvalue weighted by Crippen LogP contribution is 2.38. The van der Waals surface area contributed by atoms with Gasteiger partial charge < -0.3 is 10.1 Å². The summed E-state index contributed by atoms with van der Waals surface area (Å²) in [4.78, 5) is 0. The first-order valence-electron chi connectivity index (χ1n) is 6.52. The molecule has 1 aromatic rings. The van der Waals surface area contributed by atoms with Gasteiger partial charge in [0.1, 0.15) is 11.9 Å². The standard InChI is InChI=1S/C13H16N4OS/c14-8-11-1-2-12(17-16-11)15-10-3-5-18-13(7-10)4-6-19-9-13/h1-2,10H,3-7,9H2,(H,15,17). The largest absolute Gasteiger partial charge is 0.374 e. The van der Waals surface area contributed by atoms with Crippen LogP contribution in [0, 0.1) is 11.3 Å². The molecule has 0 aliphatic carbocycles. The highest BCUT2D eigenvalue weighted by molar-refractivity contribution is 7.99. The molecule has 6 heteroatoms. The Kier molecular flexibility index (Phi) is 3.58. The number of rotatable bonds is 2. The lowest BCUT2D eigenvalue weighted by atomic mass is 9.90. The van der Waals surface area contributed by atoms with E-state index in [0.717, 1.165) is 37.4 Å². The van der Waals surface area contributed by atoms with Crippen molar-refractivity contribution in [2.75, 3.05) is 23.4 Å².